The standard InChI is InChI=1S/C28H33N3O3/c1-21(2)34-28(32)26-13-8-15-29-27(26)30(3)24-14-16-31(19-24)18-23-11-7-12-25(17-23)33-20-22-9-5-4-6-10-22/h4-13,15,17,21,24H,14,16,18-20H2,1-3H3. The number of likely N-dealkylation sites (N-methyl/N-ethyl adjacent to an activating group) is 1. The Labute approximate surface area is 202 Å². The van der Waals surface area contributed by atoms with Gasteiger partial charge in [-0.1, -0.05) is 42.5 Å². The molecule has 4 rings (SSSR count). The van der Waals surface area contributed by atoms with E-state index < -0.39 is 0 Å². The predicted octanol–water partition coefficient (Wildman–Crippen LogP) is 4.94. The van der Waals surface area contributed by atoms with Crippen LogP contribution >= 0.6 is 0 Å². The van der Waals surface area contributed by atoms with Crippen molar-refractivity contribution in [1.29, 1.82) is 0 Å². The van der Waals surface area contributed by atoms with Crippen LogP contribution in [-0.2, 0) is 17.9 Å². The molecular formula is C28H33N3O3. The monoisotopic (exact) mass is 459 g/mol. The third-order valence-corrected chi connectivity index (χ3v) is 6.03. The molecule has 1 fully saturated rings. The van der Waals surface area contributed by atoms with Crippen LogP contribution in [0.15, 0.2) is 72.9 Å². The van der Waals surface area contributed by atoms with Crippen molar-refractivity contribution in [1.82, 2.24) is 9.88 Å². The van der Waals surface area contributed by atoms with Crippen LogP contribution in [0, 0.1) is 0 Å². The highest BCUT2D eigenvalue weighted by Crippen LogP contribution is 2.25. The van der Waals surface area contributed by atoms with Crippen LogP contribution in [0.1, 0.15) is 41.8 Å². The normalized spacial score (nSPS) is 15.9. The number of ether oxygens (including phenoxy) is 2. The largest absolute Gasteiger partial charge is 0.489 e. The molecule has 1 aliphatic heterocycles. The van der Waals surface area contributed by atoms with Crippen LogP contribution in [0.2, 0.25) is 0 Å². The maximum absolute atomic E-state index is 12.6. The lowest BCUT2D eigenvalue weighted by molar-refractivity contribution is 0.0378. The molecule has 34 heavy (non-hydrogen) atoms. The van der Waals surface area contributed by atoms with Crippen LogP contribution < -0.4 is 9.64 Å². The second-order valence-electron chi connectivity index (χ2n) is 9.04. The highest BCUT2D eigenvalue weighted by atomic mass is 16.5. The topological polar surface area (TPSA) is 54.9 Å². The molecule has 1 aromatic heterocycles. The average Bonchev–Trinajstić information content (AvgIpc) is 3.31. The lowest BCUT2D eigenvalue weighted by Crippen LogP contribution is -2.36. The van der Waals surface area contributed by atoms with Crippen LogP contribution in [0.3, 0.4) is 0 Å². The smallest absolute Gasteiger partial charge is 0.342 e. The van der Waals surface area contributed by atoms with E-state index in [1.165, 1.54) is 5.56 Å². The van der Waals surface area contributed by atoms with E-state index in [-0.39, 0.29) is 18.1 Å². The highest BCUT2D eigenvalue weighted by Gasteiger charge is 2.29. The first kappa shape index (κ1) is 23.8. The van der Waals surface area contributed by atoms with Crippen molar-refractivity contribution in [3.05, 3.63) is 89.6 Å². The number of aromatic nitrogens is 1. The zero-order chi connectivity index (χ0) is 23.9. The number of nitrogens with zero attached hydrogens (tertiary/aromatic N) is 3. The molecule has 178 valence electrons. The summed E-state index contributed by atoms with van der Waals surface area (Å²) in [6, 6.07) is 22.4. The maximum Gasteiger partial charge on any atom is 0.342 e. The summed E-state index contributed by atoms with van der Waals surface area (Å²) < 4.78 is 11.4. The summed E-state index contributed by atoms with van der Waals surface area (Å²) in [4.78, 5) is 21.6. The molecule has 2 aromatic carbocycles. The molecule has 3 aromatic rings. The van der Waals surface area contributed by atoms with Gasteiger partial charge in [-0.3, -0.25) is 4.90 Å². The predicted molar refractivity (Wildman–Crippen MR) is 134 cm³/mol. The van der Waals surface area contributed by atoms with E-state index >= 15 is 0 Å². The Balaban J connectivity index is 1.36. The maximum atomic E-state index is 12.6. The van der Waals surface area contributed by atoms with E-state index in [0.29, 0.717) is 18.0 Å². The minimum atomic E-state index is -0.327. The number of rotatable bonds is 9. The van der Waals surface area contributed by atoms with Gasteiger partial charge < -0.3 is 14.4 Å². The quantitative estimate of drug-likeness (QED) is 0.423. The number of esters is 1. The Bertz CT molecular complexity index is 1090. The minimum absolute atomic E-state index is 0.166. The third-order valence-electron chi connectivity index (χ3n) is 6.03. The molecule has 1 saturated heterocycles. The molecular weight excluding hydrogens is 426 g/mol. The Morgan fingerprint density at radius 3 is 2.68 bits per heavy atom. The van der Waals surface area contributed by atoms with E-state index in [1.54, 1.807) is 18.3 Å². The van der Waals surface area contributed by atoms with Gasteiger partial charge in [-0.05, 0) is 55.7 Å². The summed E-state index contributed by atoms with van der Waals surface area (Å²) in [6.45, 7) is 7.02. The summed E-state index contributed by atoms with van der Waals surface area (Å²) in [5.41, 5.74) is 2.90. The number of likely N-dealkylation sites (tertiary alicyclic amines) is 1. The van der Waals surface area contributed by atoms with Gasteiger partial charge in [0.2, 0.25) is 0 Å². The van der Waals surface area contributed by atoms with Crippen molar-refractivity contribution in [2.24, 2.45) is 0 Å². The van der Waals surface area contributed by atoms with Crippen molar-refractivity contribution >= 4 is 11.8 Å². The van der Waals surface area contributed by atoms with Gasteiger partial charge in [-0.25, -0.2) is 9.78 Å². The van der Waals surface area contributed by atoms with E-state index in [1.807, 2.05) is 45.2 Å². The first-order chi connectivity index (χ1) is 16.5. The third kappa shape index (κ3) is 6.14. The lowest BCUT2D eigenvalue weighted by Gasteiger charge is -2.27. The van der Waals surface area contributed by atoms with Gasteiger partial charge >= 0.3 is 5.97 Å². The molecule has 0 saturated carbocycles. The second-order valence-corrected chi connectivity index (χ2v) is 9.04. The molecule has 2 heterocycles. The number of pyridine rings is 1. The summed E-state index contributed by atoms with van der Waals surface area (Å²) >= 11 is 0. The van der Waals surface area contributed by atoms with Gasteiger partial charge in [0.05, 0.1) is 6.10 Å². The number of carbonyl (C=O) groups excluding carboxylic acids is 1. The molecule has 6 heteroatoms. The van der Waals surface area contributed by atoms with Crippen molar-refractivity contribution in [2.45, 2.75) is 45.6 Å². The van der Waals surface area contributed by atoms with E-state index in [2.05, 4.69) is 45.1 Å². The Hall–Kier alpha value is -3.38. The molecule has 0 amide bonds. The van der Waals surface area contributed by atoms with Gasteiger partial charge in [-0.2, -0.15) is 0 Å². The molecule has 0 N–H and O–H groups in total. The fraction of sp³-hybridized carbons (Fsp3) is 0.357. The molecule has 0 radical (unpaired) electrons. The van der Waals surface area contributed by atoms with Crippen LogP contribution in [0.4, 0.5) is 5.82 Å². The molecule has 1 atom stereocenters. The summed E-state index contributed by atoms with van der Waals surface area (Å²) in [7, 11) is 2.01. The van der Waals surface area contributed by atoms with Crippen molar-refractivity contribution < 1.29 is 14.3 Å². The second kappa shape index (κ2) is 11.2. The van der Waals surface area contributed by atoms with Crippen molar-refractivity contribution in [2.75, 3.05) is 25.0 Å². The van der Waals surface area contributed by atoms with E-state index in [4.69, 9.17) is 9.47 Å². The number of hydrogen-bond acceptors (Lipinski definition) is 6. The number of benzene rings is 2. The first-order valence-electron chi connectivity index (χ1n) is 11.9. The Morgan fingerprint density at radius 2 is 1.88 bits per heavy atom. The van der Waals surface area contributed by atoms with Gasteiger partial charge in [0.25, 0.3) is 0 Å². The zero-order valence-electron chi connectivity index (χ0n) is 20.2. The summed E-state index contributed by atoms with van der Waals surface area (Å²) in [5, 5.41) is 0. The number of carbonyl (C=O) groups is 1. The van der Waals surface area contributed by atoms with Gasteiger partial charge in [0, 0.05) is 38.9 Å². The Kier molecular flexibility index (Phi) is 7.80. The van der Waals surface area contributed by atoms with Crippen LogP contribution in [0.25, 0.3) is 0 Å². The van der Waals surface area contributed by atoms with Crippen molar-refractivity contribution in [3.8, 4) is 5.75 Å². The number of hydrogen-bond donors (Lipinski definition) is 0. The lowest BCUT2D eigenvalue weighted by atomic mass is 10.2. The average molecular weight is 460 g/mol. The molecule has 0 bridgehead atoms. The minimum Gasteiger partial charge on any atom is -0.489 e. The first-order valence-corrected chi connectivity index (χ1v) is 11.9. The number of anilines is 1. The zero-order valence-corrected chi connectivity index (χ0v) is 20.2. The summed E-state index contributed by atoms with van der Waals surface area (Å²) in [5.74, 6) is 1.24. The van der Waals surface area contributed by atoms with Crippen LogP contribution in [0.5, 0.6) is 5.75 Å². The van der Waals surface area contributed by atoms with Crippen molar-refractivity contribution in [3.63, 3.8) is 0 Å². The van der Waals surface area contributed by atoms with E-state index in [0.717, 1.165) is 37.4 Å². The Morgan fingerprint density at radius 1 is 1.09 bits per heavy atom. The van der Waals surface area contributed by atoms with Crippen LogP contribution in [-0.4, -0.2) is 48.1 Å². The van der Waals surface area contributed by atoms with Gasteiger partial charge in [0.15, 0.2) is 0 Å². The molecule has 1 aliphatic rings. The fourth-order valence-electron chi connectivity index (χ4n) is 4.29. The molecule has 6 nitrogen and oxygen atoms in total. The van der Waals surface area contributed by atoms with Gasteiger partial charge in [0.1, 0.15) is 23.7 Å². The molecule has 0 spiro atoms. The SMILES string of the molecule is CC(C)OC(=O)c1cccnc1N(C)C1CCN(Cc2cccc(OCc3ccccc3)c2)C1. The fourth-order valence-corrected chi connectivity index (χ4v) is 4.29. The molecule has 0 aliphatic carbocycles. The van der Waals surface area contributed by atoms with Gasteiger partial charge in [-0.15, -0.1) is 0 Å². The van der Waals surface area contributed by atoms with E-state index in [9.17, 15) is 4.79 Å². The molecule has 1 unspecified atom stereocenters. The summed E-state index contributed by atoms with van der Waals surface area (Å²) in [6.07, 6.45) is 2.57. The highest BCUT2D eigenvalue weighted by molar-refractivity contribution is 5.94.